The number of hydrogen-bond donors (Lipinski definition) is 0. The molecule has 56 valence electrons. The summed E-state index contributed by atoms with van der Waals surface area (Å²) in [5, 5.41) is 1.11. The number of benzene rings is 1. The first-order chi connectivity index (χ1) is 5.40. The first-order valence-electron chi connectivity index (χ1n) is 3.42. The molecule has 0 amide bonds. The average Bonchev–Trinajstić information content (AvgIpc) is 2.50. The Kier molecular flexibility index (Phi) is 1.59. The van der Waals surface area contributed by atoms with Crippen molar-refractivity contribution in [2.45, 2.75) is 5.88 Å². The van der Waals surface area contributed by atoms with E-state index in [9.17, 15) is 0 Å². The maximum Gasteiger partial charge on any atom is 0.133 e. The van der Waals surface area contributed by atoms with E-state index in [0.717, 1.165) is 16.5 Å². The predicted molar refractivity (Wildman–Crippen MR) is 45.8 cm³/mol. The second-order valence-corrected chi connectivity index (χ2v) is 2.69. The van der Waals surface area contributed by atoms with Gasteiger partial charge in [-0.3, -0.25) is 0 Å². The minimum Gasteiger partial charge on any atom is -0.464 e. The normalized spacial score (nSPS) is 10.6. The second kappa shape index (κ2) is 2.59. The molecular weight excluding hydrogens is 160 g/mol. The van der Waals surface area contributed by atoms with Gasteiger partial charge in [0.25, 0.3) is 0 Å². The number of fused-ring (bicyclic) bond motifs is 1. The van der Waals surface area contributed by atoms with Crippen LogP contribution in [0.1, 0.15) is 5.56 Å². The van der Waals surface area contributed by atoms with Crippen molar-refractivity contribution in [1.29, 1.82) is 0 Å². The van der Waals surface area contributed by atoms with Gasteiger partial charge >= 0.3 is 0 Å². The molecule has 1 heterocycles. The summed E-state index contributed by atoms with van der Waals surface area (Å²) in [6, 6.07) is 7.88. The third kappa shape index (κ3) is 1.12. The van der Waals surface area contributed by atoms with E-state index in [1.165, 1.54) is 0 Å². The molecule has 0 aliphatic rings. The van der Waals surface area contributed by atoms with Gasteiger partial charge in [-0.1, -0.05) is 6.07 Å². The van der Waals surface area contributed by atoms with E-state index in [2.05, 4.69) is 0 Å². The molecule has 0 spiro atoms. The van der Waals surface area contributed by atoms with Gasteiger partial charge in [0.1, 0.15) is 5.58 Å². The molecule has 1 aromatic carbocycles. The van der Waals surface area contributed by atoms with Crippen LogP contribution in [-0.2, 0) is 5.88 Å². The van der Waals surface area contributed by atoms with Crippen LogP contribution in [-0.4, -0.2) is 0 Å². The fourth-order valence-corrected chi connectivity index (χ4v) is 1.27. The minimum absolute atomic E-state index is 0.557. The van der Waals surface area contributed by atoms with Crippen LogP contribution in [0, 0.1) is 0 Å². The lowest BCUT2D eigenvalue weighted by Crippen LogP contribution is -1.74. The summed E-state index contributed by atoms with van der Waals surface area (Å²) in [5.41, 5.74) is 2.04. The van der Waals surface area contributed by atoms with Crippen molar-refractivity contribution in [1.82, 2.24) is 0 Å². The smallest absolute Gasteiger partial charge is 0.133 e. The van der Waals surface area contributed by atoms with Crippen molar-refractivity contribution in [3.63, 3.8) is 0 Å². The standard InChI is InChI=1S/C9H7ClO/c10-6-7-1-2-9-8(5-7)3-4-11-9/h1-5H,6H2. The van der Waals surface area contributed by atoms with E-state index >= 15 is 0 Å². The van der Waals surface area contributed by atoms with Gasteiger partial charge in [-0.15, -0.1) is 11.6 Å². The number of furan rings is 1. The first-order valence-corrected chi connectivity index (χ1v) is 3.96. The van der Waals surface area contributed by atoms with E-state index in [0.29, 0.717) is 5.88 Å². The van der Waals surface area contributed by atoms with E-state index in [4.69, 9.17) is 16.0 Å². The van der Waals surface area contributed by atoms with Crippen molar-refractivity contribution >= 4 is 22.6 Å². The summed E-state index contributed by atoms with van der Waals surface area (Å²) in [4.78, 5) is 0. The Morgan fingerprint density at radius 1 is 1.27 bits per heavy atom. The molecule has 0 radical (unpaired) electrons. The molecular formula is C9H7ClO. The van der Waals surface area contributed by atoms with E-state index < -0.39 is 0 Å². The van der Waals surface area contributed by atoms with Crippen LogP contribution >= 0.6 is 11.6 Å². The second-order valence-electron chi connectivity index (χ2n) is 2.43. The van der Waals surface area contributed by atoms with Gasteiger partial charge in [0.05, 0.1) is 6.26 Å². The monoisotopic (exact) mass is 166 g/mol. The molecule has 2 rings (SSSR count). The molecule has 0 bridgehead atoms. The first kappa shape index (κ1) is 6.74. The summed E-state index contributed by atoms with van der Waals surface area (Å²) >= 11 is 5.66. The van der Waals surface area contributed by atoms with Crippen LogP contribution < -0.4 is 0 Å². The molecule has 1 nitrogen and oxygen atoms in total. The summed E-state index contributed by atoms with van der Waals surface area (Å²) in [6.45, 7) is 0. The Balaban J connectivity index is 2.67. The van der Waals surface area contributed by atoms with Crippen LogP contribution in [0.5, 0.6) is 0 Å². The third-order valence-corrected chi connectivity index (χ3v) is 1.98. The Hall–Kier alpha value is -0.950. The van der Waals surface area contributed by atoms with Gasteiger partial charge in [0, 0.05) is 11.3 Å². The molecule has 0 saturated carbocycles. The highest BCUT2D eigenvalue weighted by atomic mass is 35.5. The lowest BCUT2D eigenvalue weighted by Gasteiger charge is -1.92. The zero-order valence-electron chi connectivity index (χ0n) is 5.88. The minimum atomic E-state index is 0.557. The van der Waals surface area contributed by atoms with Crippen LogP contribution in [0.25, 0.3) is 11.0 Å². The predicted octanol–water partition coefficient (Wildman–Crippen LogP) is 3.17. The highest BCUT2D eigenvalue weighted by Crippen LogP contribution is 2.17. The van der Waals surface area contributed by atoms with Crippen LogP contribution in [0.15, 0.2) is 34.9 Å². The van der Waals surface area contributed by atoms with Crippen molar-refractivity contribution in [2.24, 2.45) is 0 Å². The van der Waals surface area contributed by atoms with Crippen molar-refractivity contribution in [3.05, 3.63) is 36.1 Å². The topological polar surface area (TPSA) is 13.1 Å². The zero-order chi connectivity index (χ0) is 7.68. The number of hydrogen-bond acceptors (Lipinski definition) is 1. The molecule has 2 heteroatoms. The summed E-state index contributed by atoms with van der Waals surface area (Å²) in [5.74, 6) is 0.557. The maximum atomic E-state index is 5.66. The quantitative estimate of drug-likeness (QED) is 0.593. The van der Waals surface area contributed by atoms with E-state index in [1.807, 2.05) is 24.3 Å². The average molecular weight is 167 g/mol. The van der Waals surface area contributed by atoms with Gasteiger partial charge in [0.2, 0.25) is 0 Å². The number of halogens is 1. The lowest BCUT2D eigenvalue weighted by atomic mass is 10.2. The molecule has 0 atom stereocenters. The summed E-state index contributed by atoms with van der Waals surface area (Å²) in [6.07, 6.45) is 1.68. The maximum absolute atomic E-state index is 5.66. The summed E-state index contributed by atoms with van der Waals surface area (Å²) < 4.78 is 5.17. The van der Waals surface area contributed by atoms with Crippen LogP contribution in [0.3, 0.4) is 0 Å². The molecule has 0 N–H and O–H groups in total. The highest BCUT2D eigenvalue weighted by molar-refractivity contribution is 6.17. The van der Waals surface area contributed by atoms with Crippen molar-refractivity contribution in [3.8, 4) is 0 Å². The fourth-order valence-electron chi connectivity index (χ4n) is 1.10. The SMILES string of the molecule is ClCc1ccc2occc2c1. The Labute approximate surface area is 69.6 Å². The van der Waals surface area contributed by atoms with Gasteiger partial charge < -0.3 is 4.42 Å². The van der Waals surface area contributed by atoms with Gasteiger partial charge in [0.15, 0.2) is 0 Å². The molecule has 0 unspecified atom stereocenters. The molecule has 1 aromatic heterocycles. The third-order valence-electron chi connectivity index (χ3n) is 1.67. The van der Waals surface area contributed by atoms with Gasteiger partial charge in [-0.25, -0.2) is 0 Å². The van der Waals surface area contributed by atoms with Crippen LogP contribution in [0.4, 0.5) is 0 Å². The molecule has 0 aliphatic heterocycles. The fraction of sp³-hybridized carbons (Fsp3) is 0.111. The van der Waals surface area contributed by atoms with Crippen molar-refractivity contribution in [2.75, 3.05) is 0 Å². The largest absolute Gasteiger partial charge is 0.464 e. The Morgan fingerprint density at radius 3 is 3.00 bits per heavy atom. The van der Waals surface area contributed by atoms with Gasteiger partial charge in [-0.2, -0.15) is 0 Å². The van der Waals surface area contributed by atoms with Gasteiger partial charge in [-0.05, 0) is 23.8 Å². The summed E-state index contributed by atoms with van der Waals surface area (Å²) in [7, 11) is 0. The Morgan fingerprint density at radius 2 is 2.18 bits per heavy atom. The van der Waals surface area contributed by atoms with E-state index in [1.54, 1.807) is 6.26 Å². The highest BCUT2D eigenvalue weighted by Gasteiger charge is 1.96. The Bertz CT molecular complexity index is 364. The van der Waals surface area contributed by atoms with Crippen molar-refractivity contribution < 1.29 is 4.42 Å². The lowest BCUT2D eigenvalue weighted by molar-refractivity contribution is 0.616. The molecule has 0 fully saturated rings. The molecule has 11 heavy (non-hydrogen) atoms. The van der Waals surface area contributed by atoms with E-state index in [-0.39, 0.29) is 0 Å². The molecule has 0 saturated heterocycles. The molecule has 2 aromatic rings. The van der Waals surface area contributed by atoms with Crippen LogP contribution in [0.2, 0.25) is 0 Å². The molecule has 0 aliphatic carbocycles. The number of alkyl halides is 1. The zero-order valence-corrected chi connectivity index (χ0v) is 6.64. The number of rotatable bonds is 1.